The fourth-order valence-corrected chi connectivity index (χ4v) is 1.49. The number of ether oxygens (including phenoxy) is 1. The molecule has 0 heterocycles. The minimum atomic E-state index is 0. The van der Waals surface area contributed by atoms with Crippen molar-refractivity contribution in [2.24, 2.45) is 0 Å². The van der Waals surface area contributed by atoms with Crippen molar-refractivity contribution in [3.63, 3.8) is 0 Å². The van der Waals surface area contributed by atoms with Crippen molar-refractivity contribution in [1.82, 2.24) is 0 Å². The molecule has 0 bridgehead atoms. The molecule has 0 aromatic heterocycles. The van der Waals surface area contributed by atoms with Crippen LogP contribution in [-0.4, -0.2) is 7.11 Å². The molecule has 0 N–H and O–H groups in total. The van der Waals surface area contributed by atoms with E-state index >= 15 is 0 Å². The first-order valence-electron chi connectivity index (χ1n) is 4.07. The summed E-state index contributed by atoms with van der Waals surface area (Å²) in [4.78, 5) is 0. The van der Waals surface area contributed by atoms with Gasteiger partial charge < -0.3 is 4.74 Å². The Kier molecular flexibility index (Phi) is 4.73. The monoisotopic (exact) mass is 198 g/mol. The number of fused-ring (bicyclic) bond motifs is 1. The van der Waals surface area contributed by atoms with Crippen LogP contribution in [0.4, 0.5) is 0 Å². The Morgan fingerprint density at radius 1 is 1.31 bits per heavy atom. The van der Waals surface area contributed by atoms with E-state index in [0.717, 1.165) is 12.5 Å². The Labute approximate surface area is 122 Å². The van der Waals surface area contributed by atoms with Crippen LogP contribution >= 0.6 is 0 Å². The van der Waals surface area contributed by atoms with Crippen LogP contribution in [-0.2, 0) is 4.74 Å². The third-order valence-corrected chi connectivity index (χ3v) is 2.11. The van der Waals surface area contributed by atoms with E-state index in [-0.39, 0.29) is 51.4 Å². The first-order valence-corrected chi connectivity index (χ1v) is 4.07. The van der Waals surface area contributed by atoms with Crippen molar-refractivity contribution in [2.45, 2.75) is 6.42 Å². The van der Waals surface area contributed by atoms with Gasteiger partial charge >= 0.3 is 51.4 Å². The van der Waals surface area contributed by atoms with Crippen LogP contribution in [0.1, 0.15) is 17.5 Å². The van der Waals surface area contributed by atoms with Gasteiger partial charge in [-0.25, -0.2) is 0 Å². The molecule has 2 heteroatoms. The van der Waals surface area contributed by atoms with Crippen molar-refractivity contribution in [1.29, 1.82) is 0 Å². The average Bonchev–Trinajstić information content (AvgIpc) is 2.17. The van der Waals surface area contributed by atoms with E-state index in [0.29, 0.717) is 0 Å². The van der Waals surface area contributed by atoms with Crippen molar-refractivity contribution in [3.05, 3.63) is 47.6 Å². The molecule has 0 fully saturated rings. The molecule has 1 aromatic rings. The molecule has 0 atom stereocenters. The molecule has 0 radical (unpaired) electrons. The van der Waals surface area contributed by atoms with Crippen molar-refractivity contribution in [3.8, 4) is 0 Å². The van der Waals surface area contributed by atoms with Crippen LogP contribution in [0.5, 0.6) is 0 Å². The van der Waals surface area contributed by atoms with E-state index in [4.69, 9.17) is 4.74 Å². The van der Waals surface area contributed by atoms with Crippen LogP contribution in [0.2, 0.25) is 0 Å². The normalized spacial score (nSPS) is 13.5. The number of methoxy groups -OCH3 is 1. The summed E-state index contributed by atoms with van der Waals surface area (Å²) in [5, 5.41) is 0. The minimum absolute atomic E-state index is 0. The van der Waals surface area contributed by atoms with Gasteiger partial charge in [-0.05, 0) is 12.5 Å². The SMILES string of the molecule is CO[C-]1CC=Cc2ccccc21.[K+]. The summed E-state index contributed by atoms with van der Waals surface area (Å²) in [6.45, 7) is 0. The molecule has 2 rings (SSSR count). The van der Waals surface area contributed by atoms with E-state index < -0.39 is 0 Å². The largest absolute Gasteiger partial charge is 1.00 e. The molecule has 0 aliphatic heterocycles. The zero-order valence-corrected chi connectivity index (χ0v) is 11.2. The van der Waals surface area contributed by atoms with Crippen molar-refractivity contribution in [2.75, 3.05) is 7.11 Å². The molecular formula is C11H11KO. The van der Waals surface area contributed by atoms with Gasteiger partial charge in [0.15, 0.2) is 0 Å². The van der Waals surface area contributed by atoms with Gasteiger partial charge in [0.25, 0.3) is 0 Å². The molecule has 13 heavy (non-hydrogen) atoms. The Bertz CT molecular complexity index is 307. The van der Waals surface area contributed by atoms with Gasteiger partial charge in [0, 0.05) is 7.11 Å². The summed E-state index contributed by atoms with van der Waals surface area (Å²) >= 11 is 0. The molecule has 0 saturated carbocycles. The number of hydrogen-bond donors (Lipinski definition) is 0. The summed E-state index contributed by atoms with van der Waals surface area (Å²) in [7, 11) is 1.73. The van der Waals surface area contributed by atoms with Crippen LogP contribution in [0, 0.1) is 6.10 Å². The Hall–Kier alpha value is 0.426. The molecule has 62 valence electrons. The summed E-state index contributed by atoms with van der Waals surface area (Å²) in [6.07, 6.45) is 6.24. The quantitative estimate of drug-likeness (QED) is 0.442. The molecule has 1 nitrogen and oxygen atoms in total. The van der Waals surface area contributed by atoms with Gasteiger partial charge in [-0.1, -0.05) is 6.07 Å². The van der Waals surface area contributed by atoms with Gasteiger partial charge in [-0.2, -0.15) is 11.6 Å². The summed E-state index contributed by atoms with van der Waals surface area (Å²) in [5.41, 5.74) is 2.48. The Morgan fingerprint density at radius 2 is 2.08 bits per heavy atom. The van der Waals surface area contributed by atoms with Crippen LogP contribution < -0.4 is 51.4 Å². The molecule has 0 unspecified atom stereocenters. The predicted octanol–water partition coefficient (Wildman–Crippen LogP) is -0.366. The fourth-order valence-electron chi connectivity index (χ4n) is 1.49. The maximum atomic E-state index is 5.28. The van der Waals surface area contributed by atoms with Gasteiger partial charge in [0.1, 0.15) is 0 Å². The van der Waals surface area contributed by atoms with Gasteiger partial charge in [0.05, 0.1) is 0 Å². The van der Waals surface area contributed by atoms with Gasteiger partial charge in [-0.3, -0.25) is 0 Å². The van der Waals surface area contributed by atoms with E-state index in [1.165, 1.54) is 11.1 Å². The summed E-state index contributed by atoms with van der Waals surface area (Å²) < 4.78 is 5.28. The number of rotatable bonds is 1. The zero-order valence-electron chi connectivity index (χ0n) is 8.08. The number of hydrogen-bond acceptors (Lipinski definition) is 1. The van der Waals surface area contributed by atoms with Gasteiger partial charge in [-0.15, -0.1) is 29.8 Å². The van der Waals surface area contributed by atoms with Crippen molar-refractivity contribution >= 4 is 6.08 Å². The van der Waals surface area contributed by atoms with E-state index in [1.54, 1.807) is 7.11 Å². The van der Waals surface area contributed by atoms with Gasteiger partial charge in [0.2, 0.25) is 0 Å². The minimum Gasteiger partial charge on any atom is -0.413 e. The molecule has 1 aliphatic carbocycles. The standard InChI is InChI=1S/C11H11O.K/c1-12-11-8-4-6-9-5-2-3-7-10(9)11;/h2-7H,8H2,1H3;/q-1;+1. The fraction of sp³-hybridized carbons (Fsp3) is 0.182. The molecular weight excluding hydrogens is 187 g/mol. The molecule has 0 saturated heterocycles. The first kappa shape index (κ1) is 11.5. The van der Waals surface area contributed by atoms with E-state index in [2.05, 4.69) is 24.3 Å². The first-order chi connectivity index (χ1) is 5.92. The number of benzene rings is 1. The maximum absolute atomic E-state index is 5.28. The Balaban J connectivity index is 0.000000845. The molecule has 1 aromatic carbocycles. The molecule has 1 aliphatic rings. The van der Waals surface area contributed by atoms with Crippen LogP contribution in [0.3, 0.4) is 0 Å². The van der Waals surface area contributed by atoms with Crippen LogP contribution in [0.25, 0.3) is 6.08 Å². The molecule has 0 spiro atoms. The Morgan fingerprint density at radius 3 is 2.85 bits per heavy atom. The zero-order chi connectivity index (χ0) is 8.39. The molecule has 0 amide bonds. The average molecular weight is 198 g/mol. The third-order valence-electron chi connectivity index (χ3n) is 2.11. The topological polar surface area (TPSA) is 9.23 Å². The van der Waals surface area contributed by atoms with Crippen molar-refractivity contribution < 1.29 is 56.1 Å². The smallest absolute Gasteiger partial charge is 0.413 e. The third kappa shape index (κ3) is 2.46. The van der Waals surface area contributed by atoms with E-state index in [9.17, 15) is 0 Å². The summed E-state index contributed by atoms with van der Waals surface area (Å²) in [6, 6.07) is 8.28. The van der Waals surface area contributed by atoms with E-state index in [1.807, 2.05) is 12.1 Å². The van der Waals surface area contributed by atoms with Crippen LogP contribution in [0.15, 0.2) is 30.3 Å². The predicted molar refractivity (Wildman–Crippen MR) is 49.4 cm³/mol. The maximum Gasteiger partial charge on any atom is 1.00 e. The second kappa shape index (κ2) is 5.34. The summed E-state index contributed by atoms with van der Waals surface area (Å²) in [5.74, 6) is 0. The second-order valence-electron chi connectivity index (χ2n) is 2.82. The second-order valence-corrected chi connectivity index (χ2v) is 2.82.